The van der Waals surface area contributed by atoms with Crippen LogP contribution in [-0.2, 0) is 27.4 Å². The van der Waals surface area contributed by atoms with E-state index >= 15 is 0 Å². The first-order valence-electron chi connectivity index (χ1n) is 11.1. The number of fused-ring (bicyclic) bond motifs is 4. The third kappa shape index (κ3) is 4.86. The Morgan fingerprint density at radius 1 is 1.18 bits per heavy atom. The molecule has 0 bridgehead atoms. The molecule has 0 atom stereocenters. The third-order valence-electron chi connectivity index (χ3n) is 5.66. The van der Waals surface area contributed by atoms with Gasteiger partial charge in [0.2, 0.25) is 0 Å². The highest BCUT2D eigenvalue weighted by molar-refractivity contribution is 5.98. The lowest BCUT2D eigenvalue weighted by Gasteiger charge is -2.12. The number of hydrogen-bond acceptors (Lipinski definition) is 7. The number of ketones is 1. The summed E-state index contributed by atoms with van der Waals surface area (Å²) in [5, 5.41) is 4.16. The molecular formula is C25H27N3O5. The molecule has 0 aliphatic carbocycles. The second kappa shape index (κ2) is 10.1. The zero-order chi connectivity index (χ0) is 23.4. The fourth-order valence-corrected chi connectivity index (χ4v) is 3.98. The van der Waals surface area contributed by atoms with Gasteiger partial charge in [0, 0.05) is 42.9 Å². The van der Waals surface area contributed by atoms with Gasteiger partial charge in [-0.2, -0.15) is 0 Å². The van der Waals surface area contributed by atoms with Crippen LogP contribution >= 0.6 is 0 Å². The molecule has 172 valence electrons. The van der Waals surface area contributed by atoms with Crippen molar-refractivity contribution in [3.05, 3.63) is 63.4 Å². The first kappa shape index (κ1) is 22.8. The number of hydrogen-bond donors (Lipinski definition) is 1. The van der Waals surface area contributed by atoms with Crippen LogP contribution < -0.4 is 10.9 Å². The minimum absolute atomic E-state index is 0.160. The summed E-state index contributed by atoms with van der Waals surface area (Å²) >= 11 is 0. The van der Waals surface area contributed by atoms with Gasteiger partial charge in [0.05, 0.1) is 42.2 Å². The number of Topliss-reactive ketones (excluding diaryl/α,β-unsaturated/α-hetero) is 1. The zero-order valence-corrected chi connectivity index (χ0v) is 18.8. The van der Waals surface area contributed by atoms with Gasteiger partial charge in [-0.3, -0.25) is 14.4 Å². The number of nitrogens with zero attached hydrogens (tertiary/aromatic N) is 2. The molecule has 1 aromatic carbocycles. The molecule has 33 heavy (non-hydrogen) atoms. The van der Waals surface area contributed by atoms with Gasteiger partial charge in [-0.25, -0.2) is 4.98 Å². The molecule has 1 saturated heterocycles. The van der Waals surface area contributed by atoms with E-state index in [1.54, 1.807) is 17.6 Å². The monoisotopic (exact) mass is 449 g/mol. The predicted octanol–water partition coefficient (Wildman–Crippen LogP) is 2.69. The molecule has 2 aromatic heterocycles. The zero-order valence-electron chi connectivity index (χ0n) is 18.8. The Kier molecular flexibility index (Phi) is 6.96. The number of rotatable bonds is 4. The Labute approximate surface area is 191 Å². The van der Waals surface area contributed by atoms with Gasteiger partial charge in [0.1, 0.15) is 6.61 Å². The SMILES string of the molecule is C1COCCN1.CCC(=O)c1cc2n(c(=O)c1COC(C)=O)Cc1cc3ccccc3nc1-2. The summed E-state index contributed by atoms with van der Waals surface area (Å²) in [7, 11) is 0. The van der Waals surface area contributed by atoms with Crippen LogP contribution in [0.2, 0.25) is 0 Å². The number of benzene rings is 1. The molecule has 0 radical (unpaired) electrons. The maximum atomic E-state index is 13.1. The normalized spacial score (nSPS) is 14.1. The van der Waals surface area contributed by atoms with Gasteiger partial charge in [-0.1, -0.05) is 25.1 Å². The van der Waals surface area contributed by atoms with E-state index in [0.717, 1.165) is 48.5 Å². The molecule has 0 spiro atoms. The highest BCUT2D eigenvalue weighted by atomic mass is 16.5. The highest BCUT2D eigenvalue weighted by Gasteiger charge is 2.27. The lowest BCUT2D eigenvalue weighted by Crippen LogP contribution is -2.30. The maximum Gasteiger partial charge on any atom is 0.302 e. The lowest BCUT2D eigenvalue weighted by molar-refractivity contribution is -0.142. The van der Waals surface area contributed by atoms with Crippen molar-refractivity contribution in [2.24, 2.45) is 0 Å². The van der Waals surface area contributed by atoms with E-state index in [1.807, 2.05) is 30.3 Å². The molecule has 5 rings (SSSR count). The van der Waals surface area contributed by atoms with Crippen LogP contribution in [0.4, 0.5) is 0 Å². The third-order valence-corrected chi connectivity index (χ3v) is 5.66. The van der Waals surface area contributed by atoms with E-state index in [1.165, 1.54) is 6.92 Å². The van der Waals surface area contributed by atoms with E-state index in [-0.39, 0.29) is 29.9 Å². The Morgan fingerprint density at radius 3 is 2.58 bits per heavy atom. The Morgan fingerprint density at radius 2 is 1.94 bits per heavy atom. The van der Waals surface area contributed by atoms with Crippen LogP contribution in [0.3, 0.4) is 0 Å². The molecule has 2 aliphatic rings. The number of aromatic nitrogens is 2. The van der Waals surface area contributed by atoms with Crippen molar-refractivity contribution < 1.29 is 19.1 Å². The quantitative estimate of drug-likeness (QED) is 0.378. The fraction of sp³-hybridized carbons (Fsp3) is 0.360. The maximum absolute atomic E-state index is 13.1. The van der Waals surface area contributed by atoms with Crippen molar-refractivity contribution in [3.63, 3.8) is 0 Å². The summed E-state index contributed by atoms with van der Waals surface area (Å²) < 4.78 is 11.6. The van der Waals surface area contributed by atoms with Crippen LogP contribution in [0.15, 0.2) is 41.2 Å². The average Bonchev–Trinajstić information content (AvgIpc) is 3.20. The number of para-hydroxylation sites is 1. The second-order valence-corrected chi connectivity index (χ2v) is 7.92. The smallest absolute Gasteiger partial charge is 0.302 e. The number of pyridine rings is 2. The summed E-state index contributed by atoms with van der Waals surface area (Å²) in [6.07, 6.45) is 0.258. The van der Waals surface area contributed by atoms with Gasteiger partial charge in [0.15, 0.2) is 5.78 Å². The van der Waals surface area contributed by atoms with E-state index in [9.17, 15) is 14.4 Å². The van der Waals surface area contributed by atoms with E-state index < -0.39 is 5.97 Å². The molecule has 8 heteroatoms. The Hall–Kier alpha value is -3.36. The topological polar surface area (TPSA) is 99.5 Å². The molecule has 0 saturated carbocycles. The van der Waals surface area contributed by atoms with Crippen molar-refractivity contribution in [3.8, 4) is 11.4 Å². The van der Waals surface area contributed by atoms with Crippen LogP contribution in [-0.4, -0.2) is 47.6 Å². The number of morpholine rings is 1. The van der Waals surface area contributed by atoms with Crippen LogP contribution in [0.5, 0.6) is 0 Å². The van der Waals surface area contributed by atoms with Crippen molar-refractivity contribution in [1.82, 2.24) is 14.9 Å². The van der Waals surface area contributed by atoms with Crippen molar-refractivity contribution in [1.29, 1.82) is 0 Å². The number of esters is 1. The minimum atomic E-state index is -0.494. The van der Waals surface area contributed by atoms with Crippen molar-refractivity contribution in [2.45, 2.75) is 33.4 Å². The molecule has 3 aromatic rings. The number of carbonyl (C=O) groups is 2. The van der Waals surface area contributed by atoms with Gasteiger partial charge < -0.3 is 19.4 Å². The molecule has 1 fully saturated rings. The van der Waals surface area contributed by atoms with Gasteiger partial charge in [0.25, 0.3) is 5.56 Å². The molecule has 0 amide bonds. The highest BCUT2D eigenvalue weighted by Crippen LogP contribution is 2.32. The fourth-order valence-electron chi connectivity index (χ4n) is 3.98. The summed E-state index contributed by atoms with van der Waals surface area (Å²) in [6, 6.07) is 11.5. The predicted molar refractivity (Wildman–Crippen MR) is 124 cm³/mol. The van der Waals surface area contributed by atoms with E-state index in [2.05, 4.69) is 5.32 Å². The van der Waals surface area contributed by atoms with Gasteiger partial charge in [-0.05, 0) is 18.2 Å². The molecule has 0 unspecified atom stereocenters. The van der Waals surface area contributed by atoms with Crippen LogP contribution in [0.1, 0.15) is 41.8 Å². The Bertz CT molecular complexity index is 1250. The summed E-state index contributed by atoms with van der Waals surface area (Å²) in [6.45, 7) is 7.02. The van der Waals surface area contributed by atoms with E-state index in [0.29, 0.717) is 17.8 Å². The summed E-state index contributed by atoms with van der Waals surface area (Å²) in [5.74, 6) is -0.655. The number of nitrogens with one attached hydrogen (secondary N) is 1. The van der Waals surface area contributed by atoms with Crippen molar-refractivity contribution >= 4 is 22.7 Å². The largest absolute Gasteiger partial charge is 0.461 e. The van der Waals surface area contributed by atoms with Crippen LogP contribution in [0.25, 0.3) is 22.3 Å². The molecule has 2 aliphatic heterocycles. The average molecular weight is 450 g/mol. The van der Waals surface area contributed by atoms with E-state index in [4.69, 9.17) is 14.5 Å². The summed E-state index contributed by atoms with van der Waals surface area (Å²) in [4.78, 5) is 41.4. The van der Waals surface area contributed by atoms with Crippen molar-refractivity contribution in [2.75, 3.05) is 26.3 Å². The molecular weight excluding hydrogens is 422 g/mol. The number of ether oxygens (including phenoxy) is 2. The Balaban J connectivity index is 0.000000376. The standard InChI is InChI=1S/C21H18N2O4.C4H9NO/c1-3-19(25)15-9-18-20-14(8-13-6-4-5-7-17(13)22-20)10-23(18)21(26)16(15)11-27-12(2)24;1-3-6-4-2-5-1/h4-9H,3,10-11H2,1-2H3;5H,1-4H2. The van der Waals surface area contributed by atoms with Crippen LogP contribution in [0, 0.1) is 0 Å². The molecule has 8 nitrogen and oxygen atoms in total. The first-order valence-corrected chi connectivity index (χ1v) is 11.1. The molecule has 1 N–H and O–H groups in total. The second-order valence-electron chi connectivity index (χ2n) is 7.92. The number of carbonyl (C=O) groups excluding carboxylic acids is 2. The first-order chi connectivity index (χ1) is 16.0. The lowest BCUT2D eigenvalue weighted by atomic mass is 10.0. The van der Waals surface area contributed by atoms with Gasteiger partial charge >= 0.3 is 5.97 Å². The van der Waals surface area contributed by atoms with Gasteiger partial charge in [-0.15, -0.1) is 0 Å². The minimum Gasteiger partial charge on any atom is -0.461 e. The summed E-state index contributed by atoms with van der Waals surface area (Å²) in [5.41, 5.74) is 3.33. The molecule has 4 heterocycles.